The molecule has 3 atom stereocenters. The minimum absolute atomic E-state index is 0.0334. The van der Waals surface area contributed by atoms with Crippen LogP contribution in [0.15, 0.2) is 47.5 Å². The van der Waals surface area contributed by atoms with Crippen LogP contribution >= 0.6 is 0 Å². The number of carbonyl (C=O) groups excluding carboxylic acids is 1. The number of aromatic hydroxyl groups is 2. The van der Waals surface area contributed by atoms with Crippen LogP contribution in [0.25, 0.3) is 0 Å². The van der Waals surface area contributed by atoms with Crippen LogP contribution in [0.1, 0.15) is 70.4 Å². The Balaban J connectivity index is 2.22. The second-order valence-corrected chi connectivity index (χ2v) is 10.9. The first-order valence-electron chi connectivity index (χ1n) is 14.6. The van der Waals surface area contributed by atoms with Gasteiger partial charge < -0.3 is 30.7 Å². The van der Waals surface area contributed by atoms with Gasteiger partial charge in [0.2, 0.25) is 0 Å². The molecule has 2 aromatic carbocycles. The number of hydrogen-bond donors (Lipinski definition) is 4. The van der Waals surface area contributed by atoms with Gasteiger partial charge >= 0.3 is 0 Å². The minimum Gasteiger partial charge on any atom is -0.504 e. The number of ketones is 1. The molecular weight excluding hydrogens is 518 g/mol. The molecule has 226 valence electrons. The zero-order chi connectivity index (χ0) is 30.4. The molecule has 0 bridgehead atoms. The molecule has 0 spiro atoms. The summed E-state index contributed by atoms with van der Waals surface area (Å²) in [6.07, 6.45) is 11.2. The minimum atomic E-state index is -0.0334. The molecule has 3 unspecified atom stereocenters. The molecular formula is C33H49N3O5. The molecule has 0 radical (unpaired) electrons. The third-order valence-corrected chi connectivity index (χ3v) is 7.63. The summed E-state index contributed by atoms with van der Waals surface area (Å²) >= 11 is 0. The molecule has 0 aromatic heterocycles. The molecule has 0 aliphatic carbocycles. The summed E-state index contributed by atoms with van der Waals surface area (Å²) in [6, 6.07) is 8.84. The maximum absolute atomic E-state index is 12.9. The van der Waals surface area contributed by atoms with Gasteiger partial charge in [-0.1, -0.05) is 65.0 Å². The van der Waals surface area contributed by atoms with Crippen molar-refractivity contribution >= 4 is 17.4 Å². The number of carbonyl (C=O) groups is 1. The molecule has 0 heterocycles. The number of anilines is 1. The lowest BCUT2D eigenvalue weighted by Crippen LogP contribution is -2.22. The molecule has 0 saturated heterocycles. The van der Waals surface area contributed by atoms with Gasteiger partial charge in [0.1, 0.15) is 0 Å². The number of ether oxygens (including phenoxy) is 2. The van der Waals surface area contributed by atoms with E-state index < -0.39 is 0 Å². The van der Waals surface area contributed by atoms with Crippen molar-refractivity contribution in [3.05, 3.63) is 53.6 Å². The summed E-state index contributed by atoms with van der Waals surface area (Å²) < 4.78 is 10.6. The van der Waals surface area contributed by atoms with Crippen LogP contribution in [0.3, 0.4) is 0 Å². The van der Waals surface area contributed by atoms with E-state index in [1.54, 1.807) is 31.3 Å². The molecule has 0 fully saturated rings. The van der Waals surface area contributed by atoms with Crippen LogP contribution in [0.2, 0.25) is 0 Å². The zero-order valence-electron chi connectivity index (χ0n) is 25.6. The Bertz CT molecular complexity index is 1180. The maximum atomic E-state index is 12.9. The fourth-order valence-electron chi connectivity index (χ4n) is 5.06. The Hall–Kier alpha value is -3.68. The molecule has 2 aromatic rings. The van der Waals surface area contributed by atoms with E-state index in [2.05, 4.69) is 31.1 Å². The van der Waals surface area contributed by atoms with Crippen molar-refractivity contribution < 1.29 is 24.5 Å². The normalized spacial score (nSPS) is 14.0. The smallest absolute Gasteiger partial charge is 0.192 e. The number of nitrogens with one attached hydrogen (secondary N) is 1. The van der Waals surface area contributed by atoms with Gasteiger partial charge in [0.05, 0.1) is 19.9 Å². The molecule has 8 heteroatoms. The predicted molar refractivity (Wildman–Crippen MR) is 167 cm³/mol. The molecule has 0 aliphatic heterocycles. The van der Waals surface area contributed by atoms with Gasteiger partial charge in [0.25, 0.3) is 0 Å². The number of guanidine groups is 1. The van der Waals surface area contributed by atoms with E-state index in [0.29, 0.717) is 48.3 Å². The number of phenolic OH excluding ortho intramolecular Hbond substituents is 2. The number of hydrogen-bond acceptors (Lipinski definition) is 6. The van der Waals surface area contributed by atoms with Crippen molar-refractivity contribution in [1.82, 2.24) is 0 Å². The second kappa shape index (κ2) is 17.2. The first-order chi connectivity index (χ1) is 19.6. The number of benzene rings is 2. The lowest BCUT2D eigenvalue weighted by Gasteiger charge is -2.23. The van der Waals surface area contributed by atoms with Crippen molar-refractivity contribution in [2.45, 2.75) is 72.1 Å². The third kappa shape index (κ3) is 11.0. The highest BCUT2D eigenvalue weighted by molar-refractivity contribution is 5.94. The van der Waals surface area contributed by atoms with Gasteiger partial charge in [-0.15, -0.1) is 0 Å². The highest BCUT2D eigenvalue weighted by Gasteiger charge is 2.19. The number of phenols is 2. The lowest BCUT2D eigenvalue weighted by atomic mass is 9.83. The number of allylic oxidation sites excluding steroid dienone is 2. The number of nitrogens with zero attached hydrogens (tertiary/aromatic N) is 1. The largest absolute Gasteiger partial charge is 0.504 e. The zero-order valence-corrected chi connectivity index (χ0v) is 25.6. The van der Waals surface area contributed by atoms with E-state index in [0.717, 1.165) is 24.0 Å². The average molecular weight is 568 g/mol. The fraction of sp³-hybridized carbons (Fsp3) is 0.515. The average Bonchev–Trinajstić information content (AvgIpc) is 2.96. The van der Waals surface area contributed by atoms with Crippen LogP contribution in [-0.2, 0) is 17.6 Å². The molecule has 41 heavy (non-hydrogen) atoms. The first-order valence-corrected chi connectivity index (χ1v) is 14.6. The fourth-order valence-corrected chi connectivity index (χ4v) is 5.06. The van der Waals surface area contributed by atoms with Crippen molar-refractivity contribution in [2.24, 2.45) is 28.5 Å². The van der Waals surface area contributed by atoms with Crippen molar-refractivity contribution in [2.75, 3.05) is 26.6 Å². The van der Waals surface area contributed by atoms with E-state index >= 15 is 0 Å². The van der Waals surface area contributed by atoms with Gasteiger partial charge in [0, 0.05) is 13.5 Å². The van der Waals surface area contributed by atoms with E-state index in [4.69, 9.17) is 15.2 Å². The van der Waals surface area contributed by atoms with Crippen LogP contribution in [0, 0.1) is 17.8 Å². The van der Waals surface area contributed by atoms with E-state index in [1.165, 1.54) is 33.5 Å². The number of aryl methyl sites for hydroxylation is 1. The van der Waals surface area contributed by atoms with Crippen LogP contribution in [0.5, 0.6) is 23.0 Å². The Labute approximate surface area is 245 Å². The summed E-state index contributed by atoms with van der Waals surface area (Å²) in [7, 11) is 4.59. The summed E-state index contributed by atoms with van der Waals surface area (Å²) in [5.41, 5.74) is 8.17. The molecule has 0 saturated carbocycles. The van der Waals surface area contributed by atoms with E-state index in [9.17, 15) is 15.0 Å². The summed E-state index contributed by atoms with van der Waals surface area (Å²) in [6.45, 7) is 6.78. The molecule has 8 nitrogen and oxygen atoms in total. The van der Waals surface area contributed by atoms with E-state index in [1.807, 2.05) is 18.2 Å². The first kappa shape index (κ1) is 33.5. The molecule has 0 aliphatic rings. The Morgan fingerprint density at radius 1 is 1.05 bits per heavy atom. The highest BCUT2D eigenvalue weighted by atomic mass is 16.5. The Morgan fingerprint density at radius 3 is 2.41 bits per heavy atom. The summed E-state index contributed by atoms with van der Waals surface area (Å²) in [4.78, 5) is 16.8. The number of methoxy groups -OCH3 is 2. The molecule has 0 amide bonds. The number of nitrogens with two attached hydrogens (primary N) is 1. The predicted octanol–water partition coefficient (Wildman–Crippen LogP) is 6.63. The van der Waals surface area contributed by atoms with Gasteiger partial charge in [0.15, 0.2) is 34.7 Å². The van der Waals surface area contributed by atoms with Crippen molar-refractivity contribution in [3.63, 3.8) is 0 Å². The summed E-state index contributed by atoms with van der Waals surface area (Å²) in [5, 5.41) is 23.4. The standard InChI is InChI=1S/C33H49N3O5/c1-7-9-22(2)10-8-11-23(3)26(14-16-27(37)15-12-24-13-17-29(38)30(20-24)40-5)18-25-19-28(36-33(34)35-4)32(39)31(21-25)41-6/h13-14,16-17,19-23,26,38-39H,7-12,15,18H2,1-6H3,(H3,34,35,36). The van der Waals surface area contributed by atoms with Gasteiger partial charge in [-0.3, -0.25) is 9.79 Å². The Morgan fingerprint density at radius 2 is 1.76 bits per heavy atom. The van der Waals surface area contributed by atoms with E-state index in [-0.39, 0.29) is 29.2 Å². The van der Waals surface area contributed by atoms with Crippen LogP contribution in [0.4, 0.5) is 5.69 Å². The molecule has 5 N–H and O–H groups in total. The second-order valence-electron chi connectivity index (χ2n) is 10.9. The quantitative estimate of drug-likeness (QED) is 0.0731. The van der Waals surface area contributed by atoms with Gasteiger partial charge in [-0.05, 0) is 72.1 Å². The summed E-state index contributed by atoms with van der Waals surface area (Å²) in [5.74, 6) is 2.18. The van der Waals surface area contributed by atoms with Crippen molar-refractivity contribution in [3.8, 4) is 23.0 Å². The van der Waals surface area contributed by atoms with Crippen LogP contribution < -0.4 is 20.5 Å². The van der Waals surface area contributed by atoms with Gasteiger partial charge in [-0.25, -0.2) is 0 Å². The topological polar surface area (TPSA) is 126 Å². The SMILES string of the molecule is CCCC(C)CCCC(C)C(C=CC(=O)CCc1ccc(O)c(OC)c1)Cc1cc(NC(N)=NC)c(O)c(OC)c1. The third-order valence-electron chi connectivity index (χ3n) is 7.63. The molecule has 2 rings (SSSR count). The van der Waals surface area contributed by atoms with Gasteiger partial charge in [-0.2, -0.15) is 0 Å². The lowest BCUT2D eigenvalue weighted by molar-refractivity contribution is -0.114. The maximum Gasteiger partial charge on any atom is 0.192 e. The Kier molecular flexibility index (Phi) is 14.1. The van der Waals surface area contributed by atoms with Crippen LogP contribution in [-0.4, -0.2) is 43.2 Å². The number of rotatable bonds is 17. The number of aliphatic imine (C=N–C) groups is 1. The monoisotopic (exact) mass is 567 g/mol. The van der Waals surface area contributed by atoms with Crippen molar-refractivity contribution in [1.29, 1.82) is 0 Å². The highest BCUT2D eigenvalue weighted by Crippen LogP contribution is 2.37.